The van der Waals surface area contributed by atoms with Crippen molar-refractivity contribution in [2.24, 2.45) is 5.73 Å². The largest absolute Gasteiger partial charge is 0.489 e. The normalized spacial score (nSPS) is 11.2. The molecule has 0 saturated heterocycles. The van der Waals surface area contributed by atoms with Gasteiger partial charge >= 0.3 is 5.97 Å². The van der Waals surface area contributed by atoms with Crippen molar-refractivity contribution in [2.45, 2.75) is 12.5 Å². The molecule has 0 fully saturated rings. The SMILES string of the molecule is C=CCOc1ccccc1C(=O)N[C@H](CC(N)=O)C(=O)O. The second-order valence-corrected chi connectivity index (χ2v) is 4.13. The number of nitrogens with one attached hydrogen (secondary N) is 1. The number of hydrogen-bond acceptors (Lipinski definition) is 4. The predicted octanol–water partition coefficient (Wildman–Crippen LogP) is 0.310. The van der Waals surface area contributed by atoms with Crippen LogP contribution in [0, 0.1) is 0 Å². The van der Waals surface area contributed by atoms with Crippen molar-refractivity contribution in [3.8, 4) is 5.75 Å². The number of benzene rings is 1. The highest BCUT2D eigenvalue weighted by Crippen LogP contribution is 2.18. The second kappa shape index (κ2) is 7.68. The highest BCUT2D eigenvalue weighted by atomic mass is 16.5. The molecule has 0 heterocycles. The molecule has 7 nitrogen and oxygen atoms in total. The highest BCUT2D eigenvalue weighted by molar-refractivity contribution is 5.99. The summed E-state index contributed by atoms with van der Waals surface area (Å²) in [6.45, 7) is 3.70. The summed E-state index contributed by atoms with van der Waals surface area (Å²) in [6, 6.07) is 4.95. The Morgan fingerprint density at radius 2 is 2.05 bits per heavy atom. The lowest BCUT2D eigenvalue weighted by molar-refractivity contribution is -0.140. The predicted molar refractivity (Wildman–Crippen MR) is 74.8 cm³/mol. The number of aliphatic carboxylic acids is 1. The number of para-hydroxylation sites is 1. The van der Waals surface area contributed by atoms with Crippen molar-refractivity contribution in [3.05, 3.63) is 42.5 Å². The fraction of sp³-hybridized carbons (Fsp3) is 0.214. The van der Waals surface area contributed by atoms with E-state index in [-0.39, 0.29) is 17.9 Å². The number of amides is 2. The van der Waals surface area contributed by atoms with Gasteiger partial charge in [0.05, 0.1) is 12.0 Å². The van der Waals surface area contributed by atoms with E-state index < -0.39 is 30.2 Å². The number of hydrogen-bond donors (Lipinski definition) is 3. The molecule has 1 aromatic rings. The van der Waals surface area contributed by atoms with Crippen molar-refractivity contribution in [2.75, 3.05) is 6.61 Å². The average molecular weight is 292 g/mol. The molecule has 4 N–H and O–H groups in total. The Morgan fingerprint density at radius 1 is 1.38 bits per heavy atom. The number of rotatable bonds is 8. The van der Waals surface area contributed by atoms with Gasteiger partial charge < -0.3 is 20.9 Å². The number of carbonyl (C=O) groups is 3. The van der Waals surface area contributed by atoms with Gasteiger partial charge in [-0.3, -0.25) is 9.59 Å². The van der Waals surface area contributed by atoms with Gasteiger partial charge in [-0.1, -0.05) is 24.8 Å². The minimum absolute atomic E-state index is 0.162. The van der Waals surface area contributed by atoms with E-state index in [0.717, 1.165) is 0 Å². The molecule has 112 valence electrons. The van der Waals surface area contributed by atoms with Crippen LogP contribution in [0.4, 0.5) is 0 Å². The van der Waals surface area contributed by atoms with Crippen LogP contribution in [-0.2, 0) is 9.59 Å². The molecule has 0 saturated carbocycles. The summed E-state index contributed by atoms with van der Waals surface area (Å²) in [4.78, 5) is 33.9. The summed E-state index contributed by atoms with van der Waals surface area (Å²) in [5.74, 6) is -2.54. The van der Waals surface area contributed by atoms with E-state index in [9.17, 15) is 14.4 Å². The molecule has 0 aliphatic heterocycles. The Balaban J connectivity index is 2.89. The van der Waals surface area contributed by atoms with Crippen molar-refractivity contribution < 1.29 is 24.2 Å². The van der Waals surface area contributed by atoms with Gasteiger partial charge in [-0.25, -0.2) is 4.79 Å². The van der Waals surface area contributed by atoms with Crippen molar-refractivity contribution in [3.63, 3.8) is 0 Å². The molecule has 7 heteroatoms. The van der Waals surface area contributed by atoms with Crippen LogP contribution in [0.25, 0.3) is 0 Å². The van der Waals surface area contributed by atoms with E-state index in [1.807, 2.05) is 0 Å². The van der Waals surface area contributed by atoms with Crippen molar-refractivity contribution >= 4 is 17.8 Å². The summed E-state index contributed by atoms with van der Waals surface area (Å²) in [6.07, 6.45) is 1.03. The molecule has 0 aliphatic rings. The number of primary amides is 1. The maximum absolute atomic E-state index is 12.1. The fourth-order valence-electron chi connectivity index (χ4n) is 1.57. The third-order valence-corrected chi connectivity index (χ3v) is 2.50. The summed E-state index contributed by atoms with van der Waals surface area (Å²) >= 11 is 0. The first-order valence-electron chi connectivity index (χ1n) is 6.10. The van der Waals surface area contributed by atoms with Crippen molar-refractivity contribution in [1.82, 2.24) is 5.32 Å². The first-order chi connectivity index (χ1) is 9.95. The van der Waals surface area contributed by atoms with Gasteiger partial charge in [-0.05, 0) is 12.1 Å². The topological polar surface area (TPSA) is 119 Å². The number of carbonyl (C=O) groups excluding carboxylic acids is 2. The van der Waals surface area contributed by atoms with Crippen LogP contribution in [0.2, 0.25) is 0 Å². The highest BCUT2D eigenvalue weighted by Gasteiger charge is 2.24. The fourth-order valence-corrected chi connectivity index (χ4v) is 1.57. The molecular weight excluding hydrogens is 276 g/mol. The molecule has 1 atom stereocenters. The lowest BCUT2D eigenvalue weighted by Gasteiger charge is -2.14. The Bertz CT molecular complexity index is 556. The molecule has 0 radical (unpaired) electrons. The smallest absolute Gasteiger partial charge is 0.326 e. The van der Waals surface area contributed by atoms with Crippen molar-refractivity contribution in [1.29, 1.82) is 0 Å². The Morgan fingerprint density at radius 3 is 2.62 bits per heavy atom. The molecule has 1 rings (SSSR count). The second-order valence-electron chi connectivity index (χ2n) is 4.13. The van der Waals surface area contributed by atoms with Gasteiger partial charge in [0.1, 0.15) is 18.4 Å². The van der Waals surface area contributed by atoms with Gasteiger partial charge in [0.15, 0.2) is 0 Å². The molecule has 2 amide bonds. The van der Waals surface area contributed by atoms with E-state index in [1.165, 1.54) is 12.1 Å². The maximum Gasteiger partial charge on any atom is 0.326 e. The zero-order valence-corrected chi connectivity index (χ0v) is 11.2. The average Bonchev–Trinajstić information content (AvgIpc) is 2.44. The molecule has 0 bridgehead atoms. The summed E-state index contributed by atoms with van der Waals surface area (Å²) < 4.78 is 5.31. The molecular formula is C14H16N2O5. The minimum Gasteiger partial charge on any atom is -0.489 e. The Labute approximate surface area is 121 Å². The first-order valence-corrected chi connectivity index (χ1v) is 6.10. The van der Waals surface area contributed by atoms with E-state index >= 15 is 0 Å². The summed E-state index contributed by atoms with van der Waals surface area (Å²) in [5, 5.41) is 11.2. The van der Waals surface area contributed by atoms with Gasteiger partial charge in [0, 0.05) is 0 Å². The van der Waals surface area contributed by atoms with E-state index in [4.69, 9.17) is 15.6 Å². The quantitative estimate of drug-likeness (QED) is 0.596. The molecule has 0 aromatic heterocycles. The zero-order chi connectivity index (χ0) is 15.8. The Hall–Kier alpha value is -2.83. The molecule has 0 spiro atoms. The lowest BCUT2D eigenvalue weighted by atomic mass is 10.1. The molecule has 0 unspecified atom stereocenters. The molecule has 1 aromatic carbocycles. The van der Waals surface area contributed by atoms with Gasteiger partial charge in [-0.2, -0.15) is 0 Å². The van der Waals surface area contributed by atoms with E-state index in [1.54, 1.807) is 18.2 Å². The number of ether oxygens (including phenoxy) is 1. The van der Waals surface area contributed by atoms with Crippen LogP contribution < -0.4 is 15.8 Å². The first kappa shape index (κ1) is 16.2. The monoisotopic (exact) mass is 292 g/mol. The Kier molecular flexibility index (Phi) is 5.94. The third-order valence-electron chi connectivity index (χ3n) is 2.50. The lowest BCUT2D eigenvalue weighted by Crippen LogP contribution is -2.43. The summed E-state index contributed by atoms with van der Waals surface area (Å²) in [5.41, 5.74) is 5.11. The zero-order valence-electron chi connectivity index (χ0n) is 11.2. The standard InChI is InChI=1S/C14H16N2O5/c1-2-7-21-11-6-4-3-5-9(11)13(18)16-10(14(19)20)8-12(15)17/h2-6,10H,1,7-8H2,(H2,15,17)(H,16,18)(H,19,20)/t10-/m1/s1. The number of nitrogens with two attached hydrogens (primary N) is 1. The minimum atomic E-state index is -1.39. The molecule has 21 heavy (non-hydrogen) atoms. The summed E-state index contributed by atoms with van der Waals surface area (Å²) in [7, 11) is 0. The van der Waals surface area contributed by atoms with Crippen LogP contribution >= 0.6 is 0 Å². The number of carboxylic acid groups (broad SMARTS) is 1. The van der Waals surface area contributed by atoms with Crippen LogP contribution in [0.3, 0.4) is 0 Å². The van der Waals surface area contributed by atoms with Gasteiger partial charge in [0.2, 0.25) is 5.91 Å². The molecule has 0 aliphatic carbocycles. The van der Waals surface area contributed by atoms with E-state index in [0.29, 0.717) is 0 Å². The van der Waals surface area contributed by atoms with E-state index in [2.05, 4.69) is 11.9 Å². The van der Waals surface area contributed by atoms with Crippen LogP contribution in [0.1, 0.15) is 16.8 Å². The van der Waals surface area contributed by atoms with Crippen LogP contribution in [-0.4, -0.2) is 35.5 Å². The number of carboxylic acids is 1. The van der Waals surface area contributed by atoms with Crippen LogP contribution in [0.5, 0.6) is 5.75 Å². The third kappa shape index (κ3) is 4.98. The van der Waals surface area contributed by atoms with Crippen LogP contribution in [0.15, 0.2) is 36.9 Å². The van der Waals surface area contributed by atoms with Gasteiger partial charge in [0.25, 0.3) is 5.91 Å². The van der Waals surface area contributed by atoms with Gasteiger partial charge in [-0.15, -0.1) is 0 Å². The maximum atomic E-state index is 12.1.